The predicted molar refractivity (Wildman–Crippen MR) is 225 cm³/mol. The highest BCUT2D eigenvalue weighted by atomic mass is 16.6. The SMILES string of the molecule is CC(C)(C)C(=O)OCc1ccc(NC(=O)[C@H](CCCNC(N)=O)NC(=O)[C@@H](Cc2ccccc2)NC(=O)OCCOCCN2C(=O)C(C(C)(C)C)=C(C(C)(C)C)C2=O)cc1. The van der Waals surface area contributed by atoms with Crippen LogP contribution in [0.15, 0.2) is 65.7 Å². The maximum absolute atomic E-state index is 13.8. The molecule has 2 aromatic rings. The Labute approximate surface area is 352 Å². The van der Waals surface area contributed by atoms with E-state index in [4.69, 9.17) is 19.9 Å². The van der Waals surface area contributed by atoms with E-state index in [0.29, 0.717) is 22.4 Å². The highest BCUT2D eigenvalue weighted by Gasteiger charge is 2.46. The number of benzene rings is 2. The molecule has 1 aliphatic heterocycles. The summed E-state index contributed by atoms with van der Waals surface area (Å²) in [7, 11) is 0. The lowest BCUT2D eigenvalue weighted by Gasteiger charge is -2.25. The van der Waals surface area contributed by atoms with E-state index < -0.39 is 52.3 Å². The van der Waals surface area contributed by atoms with E-state index in [9.17, 15) is 33.6 Å². The van der Waals surface area contributed by atoms with Crippen molar-refractivity contribution in [3.8, 4) is 0 Å². The molecule has 328 valence electrons. The third-order valence-electron chi connectivity index (χ3n) is 9.28. The van der Waals surface area contributed by atoms with Crippen LogP contribution < -0.4 is 27.0 Å². The zero-order chi connectivity index (χ0) is 44.8. The van der Waals surface area contributed by atoms with E-state index in [2.05, 4.69) is 21.3 Å². The first-order chi connectivity index (χ1) is 28.0. The number of carbonyl (C=O) groups is 7. The van der Waals surface area contributed by atoms with Gasteiger partial charge in [0.05, 0.1) is 25.2 Å². The number of nitrogens with one attached hydrogen (secondary N) is 4. The summed E-state index contributed by atoms with van der Waals surface area (Å²) < 4.78 is 16.3. The molecule has 16 heteroatoms. The number of imide groups is 1. The quantitative estimate of drug-likeness (QED) is 0.0741. The fraction of sp³-hybridized carbons (Fsp3) is 0.523. The number of hydrogen-bond acceptors (Lipinski definition) is 10. The summed E-state index contributed by atoms with van der Waals surface area (Å²) in [4.78, 5) is 91.6. The summed E-state index contributed by atoms with van der Waals surface area (Å²) in [6, 6.07) is 12.6. The van der Waals surface area contributed by atoms with Crippen molar-refractivity contribution in [2.75, 3.05) is 38.2 Å². The molecular weight excluding hydrogens is 773 g/mol. The topological polar surface area (TPSA) is 225 Å². The molecule has 2 atom stereocenters. The maximum atomic E-state index is 13.8. The molecule has 0 fully saturated rings. The van der Waals surface area contributed by atoms with Crippen molar-refractivity contribution < 1.29 is 47.8 Å². The molecule has 16 nitrogen and oxygen atoms in total. The van der Waals surface area contributed by atoms with Gasteiger partial charge in [-0.2, -0.15) is 0 Å². The van der Waals surface area contributed by atoms with Crippen LogP contribution in [0, 0.1) is 16.2 Å². The molecule has 1 heterocycles. The second kappa shape index (κ2) is 21.5. The number of anilines is 1. The third-order valence-corrected chi connectivity index (χ3v) is 9.28. The van der Waals surface area contributed by atoms with Crippen LogP contribution >= 0.6 is 0 Å². The number of hydrogen-bond donors (Lipinski definition) is 5. The highest BCUT2D eigenvalue weighted by molar-refractivity contribution is 6.20. The summed E-state index contributed by atoms with van der Waals surface area (Å²) in [6.07, 6.45) is -0.452. The number of nitrogens with zero attached hydrogens (tertiary/aromatic N) is 1. The Kier molecular flexibility index (Phi) is 17.4. The molecule has 60 heavy (non-hydrogen) atoms. The monoisotopic (exact) mass is 834 g/mol. The van der Waals surface area contributed by atoms with E-state index in [0.717, 1.165) is 5.56 Å². The molecular formula is C44H62N6O10. The van der Waals surface area contributed by atoms with Gasteiger partial charge in [-0.05, 0) is 67.7 Å². The fourth-order valence-corrected chi connectivity index (χ4v) is 6.20. The van der Waals surface area contributed by atoms with Crippen molar-refractivity contribution >= 4 is 47.4 Å². The van der Waals surface area contributed by atoms with E-state index in [1.54, 1.807) is 69.3 Å². The second-order valence-electron chi connectivity index (χ2n) is 17.7. The van der Waals surface area contributed by atoms with Crippen LogP contribution in [0.1, 0.15) is 86.3 Å². The summed E-state index contributed by atoms with van der Waals surface area (Å²) in [5.41, 5.74) is 6.32. The van der Waals surface area contributed by atoms with Gasteiger partial charge < -0.3 is 41.2 Å². The molecule has 0 saturated heterocycles. The average Bonchev–Trinajstić information content (AvgIpc) is 3.42. The molecule has 2 aromatic carbocycles. The minimum absolute atomic E-state index is 0.0196. The minimum atomic E-state index is -1.16. The second-order valence-corrected chi connectivity index (χ2v) is 17.7. The summed E-state index contributed by atoms with van der Waals surface area (Å²) in [5.74, 6) is -2.24. The van der Waals surface area contributed by atoms with Gasteiger partial charge in [-0.1, -0.05) is 84.0 Å². The zero-order valence-electron chi connectivity index (χ0n) is 36.3. The molecule has 0 saturated carbocycles. The first-order valence-corrected chi connectivity index (χ1v) is 20.1. The van der Waals surface area contributed by atoms with Gasteiger partial charge in [-0.3, -0.25) is 28.9 Å². The Balaban J connectivity index is 1.62. The predicted octanol–water partition coefficient (Wildman–Crippen LogP) is 4.76. The Hall–Kier alpha value is -5.77. The molecule has 0 radical (unpaired) electrons. The van der Waals surface area contributed by atoms with Crippen LogP contribution in [0.25, 0.3) is 0 Å². The molecule has 1 aliphatic rings. The lowest BCUT2D eigenvalue weighted by Crippen LogP contribution is -2.53. The van der Waals surface area contributed by atoms with Crippen molar-refractivity contribution in [2.45, 2.75) is 100 Å². The van der Waals surface area contributed by atoms with Crippen LogP contribution in [0.5, 0.6) is 0 Å². The van der Waals surface area contributed by atoms with Crippen LogP contribution in [-0.2, 0) is 51.2 Å². The summed E-state index contributed by atoms with van der Waals surface area (Å²) >= 11 is 0. The van der Waals surface area contributed by atoms with Crippen molar-refractivity contribution in [1.29, 1.82) is 0 Å². The molecule has 7 amide bonds. The van der Waals surface area contributed by atoms with Crippen LogP contribution in [0.4, 0.5) is 15.3 Å². The van der Waals surface area contributed by atoms with E-state index in [1.165, 1.54) is 4.90 Å². The number of urea groups is 1. The number of carbonyl (C=O) groups excluding carboxylic acids is 7. The Morgan fingerprint density at radius 3 is 1.85 bits per heavy atom. The number of esters is 1. The van der Waals surface area contributed by atoms with Gasteiger partial charge in [0, 0.05) is 29.8 Å². The summed E-state index contributed by atoms with van der Waals surface area (Å²) in [5, 5.41) is 10.6. The highest BCUT2D eigenvalue weighted by Crippen LogP contribution is 2.42. The lowest BCUT2D eigenvalue weighted by molar-refractivity contribution is -0.154. The number of alkyl carbamates (subject to hydrolysis) is 1. The number of primary amides is 1. The van der Waals surface area contributed by atoms with Gasteiger partial charge in [0.25, 0.3) is 11.8 Å². The zero-order valence-corrected chi connectivity index (χ0v) is 36.3. The first-order valence-electron chi connectivity index (χ1n) is 20.1. The largest absolute Gasteiger partial charge is 0.460 e. The molecule has 0 spiro atoms. The molecule has 0 bridgehead atoms. The van der Waals surface area contributed by atoms with E-state index >= 15 is 0 Å². The number of rotatable bonds is 19. The molecule has 0 unspecified atom stereocenters. The van der Waals surface area contributed by atoms with Gasteiger partial charge in [0.2, 0.25) is 11.8 Å². The van der Waals surface area contributed by atoms with E-state index in [1.807, 2.05) is 47.6 Å². The molecule has 0 aliphatic carbocycles. The van der Waals surface area contributed by atoms with Gasteiger partial charge in [0.1, 0.15) is 25.3 Å². The van der Waals surface area contributed by atoms with Crippen LogP contribution in [-0.4, -0.2) is 91.6 Å². The van der Waals surface area contributed by atoms with Crippen molar-refractivity contribution in [1.82, 2.24) is 20.9 Å². The first kappa shape index (κ1) is 48.6. The fourth-order valence-electron chi connectivity index (χ4n) is 6.20. The van der Waals surface area contributed by atoms with Gasteiger partial charge in [0.15, 0.2) is 0 Å². The Morgan fingerprint density at radius 2 is 1.30 bits per heavy atom. The Bertz CT molecular complexity index is 1840. The third kappa shape index (κ3) is 15.1. The average molecular weight is 835 g/mol. The van der Waals surface area contributed by atoms with Crippen molar-refractivity contribution in [2.24, 2.45) is 22.0 Å². The molecule has 0 aromatic heterocycles. The van der Waals surface area contributed by atoms with Crippen LogP contribution in [0.3, 0.4) is 0 Å². The smallest absolute Gasteiger partial charge is 0.407 e. The van der Waals surface area contributed by atoms with Crippen molar-refractivity contribution in [3.05, 3.63) is 76.9 Å². The summed E-state index contributed by atoms with van der Waals surface area (Å²) in [6.45, 7) is 16.7. The number of nitrogens with two attached hydrogens (primary N) is 1. The number of ether oxygens (including phenoxy) is 3. The van der Waals surface area contributed by atoms with Gasteiger partial charge in [-0.15, -0.1) is 0 Å². The van der Waals surface area contributed by atoms with Crippen molar-refractivity contribution in [3.63, 3.8) is 0 Å². The standard InChI is InChI=1S/C44H62N6O10/c1-42(2,3)33-34(43(4,5)6)38(54)50(37(33)53)22-23-58-24-25-59-41(57)49-32(26-28-14-11-10-12-15-28)36(52)48-31(16-13-21-46-40(45)56)35(51)47-30-19-17-29(18-20-30)27-60-39(55)44(7,8)9/h10-12,14-15,17-20,31-32H,13,16,21-27H2,1-9H3,(H,47,51)(H,48,52)(H,49,57)(H3,45,46,56)/t31-,32+/m0/s1. The van der Waals surface area contributed by atoms with Crippen LogP contribution in [0.2, 0.25) is 0 Å². The molecule has 6 N–H and O–H groups in total. The normalized spacial score (nSPS) is 14.3. The van der Waals surface area contributed by atoms with E-state index in [-0.39, 0.29) is 76.6 Å². The van der Waals surface area contributed by atoms with Gasteiger partial charge in [-0.25, -0.2) is 9.59 Å². The van der Waals surface area contributed by atoms with Gasteiger partial charge >= 0.3 is 18.1 Å². The lowest BCUT2D eigenvalue weighted by atomic mass is 9.76. The molecule has 3 rings (SSSR count). The maximum Gasteiger partial charge on any atom is 0.407 e. The minimum Gasteiger partial charge on any atom is -0.460 e. The number of amides is 7. The Morgan fingerprint density at radius 1 is 0.700 bits per heavy atom.